The maximum Gasteiger partial charge on any atom is 0.333 e. The smallest absolute Gasteiger partial charge is 0.333 e. The predicted octanol–water partition coefficient (Wildman–Crippen LogP) is 3.05. The number of ether oxygens (including phenoxy) is 1. The number of hydrogen-bond acceptors (Lipinski definition) is 4. The Morgan fingerprint density at radius 1 is 1.38 bits per heavy atom. The zero-order chi connectivity index (χ0) is 18.1. The molecule has 4 nitrogen and oxygen atoms in total. The van der Waals surface area contributed by atoms with Crippen LogP contribution < -0.4 is 0 Å². The lowest BCUT2D eigenvalue weighted by atomic mass is 9.61. The highest BCUT2D eigenvalue weighted by atomic mass is 16.5. The molecule has 0 saturated heterocycles. The molecule has 3 rings (SSSR count). The van der Waals surface area contributed by atoms with Crippen molar-refractivity contribution >= 4 is 11.8 Å². The van der Waals surface area contributed by atoms with Crippen molar-refractivity contribution in [3.8, 4) is 0 Å². The third-order valence-corrected chi connectivity index (χ3v) is 7.21. The van der Waals surface area contributed by atoms with Crippen molar-refractivity contribution in [2.24, 2.45) is 28.1 Å². The first-order chi connectivity index (χ1) is 11.0. The molecule has 0 unspecified atom stereocenters. The van der Waals surface area contributed by atoms with Gasteiger partial charge >= 0.3 is 5.97 Å². The van der Waals surface area contributed by atoms with Crippen LogP contribution in [0, 0.1) is 28.1 Å². The van der Waals surface area contributed by atoms with Gasteiger partial charge in [-0.3, -0.25) is 4.79 Å². The van der Waals surface area contributed by atoms with Gasteiger partial charge in [-0.15, -0.1) is 0 Å². The van der Waals surface area contributed by atoms with E-state index in [0.29, 0.717) is 12.0 Å². The molecule has 0 aromatic rings. The highest BCUT2D eigenvalue weighted by Crippen LogP contribution is 2.75. The standard InChI is InChI=1S/C20H28O4/c1-7-11(2)16(23)24-17-18(4,5)15-13(21)10-12(3)20(15)9-8-14(22)19(17,20)6/h7-9,12-13,15,17,21H,10H2,1-6H3/b11-7+/t12-,13-,15+,17+,19+,20+/m1/s1. The van der Waals surface area contributed by atoms with Gasteiger partial charge in [-0.1, -0.05) is 32.9 Å². The fraction of sp³-hybridized carbons (Fsp3) is 0.700. The van der Waals surface area contributed by atoms with E-state index in [1.807, 2.05) is 26.8 Å². The summed E-state index contributed by atoms with van der Waals surface area (Å²) in [4.78, 5) is 25.4. The lowest BCUT2D eigenvalue weighted by Gasteiger charge is -2.41. The molecule has 1 spiro atoms. The lowest BCUT2D eigenvalue weighted by Crippen LogP contribution is -2.49. The number of allylic oxidation sites excluding steroid dienone is 3. The van der Waals surface area contributed by atoms with Crippen molar-refractivity contribution in [2.75, 3.05) is 0 Å². The predicted molar refractivity (Wildman–Crippen MR) is 91.1 cm³/mol. The largest absolute Gasteiger partial charge is 0.457 e. The van der Waals surface area contributed by atoms with Crippen LogP contribution in [-0.2, 0) is 14.3 Å². The van der Waals surface area contributed by atoms with Crippen molar-refractivity contribution < 1.29 is 19.4 Å². The van der Waals surface area contributed by atoms with Gasteiger partial charge in [-0.05, 0) is 39.2 Å². The minimum Gasteiger partial charge on any atom is -0.457 e. The van der Waals surface area contributed by atoms with Crippen molar-refractivity contribution in [2.45, 2.75) is 60.2 Å². The third-order valence-electron chi connectivity index (χ3n) is 7.21. The number of rotatable bonds is 2. The average Bonchev–Trinajstić information content (AvgIpc) is 2.98. The number of carbonyl (C=O) groups is 2. The number of hydrogen-bond donors (Lipinski definition) is 1. The average molecular weight is 332 g/mol. The quantitative estimate of drug-likeness (QED) is 0.623. The monoisotopic (exact) mass is 332 g/mol. The fourth-order valence-electron chi connectivity index (χ4n) is 6.16. The van der Waals surface area contributed by atoms with Crippen LogP contribution in [0.2, 0.25) is 0 Å². The second-order valence-electron chi connectivity index (χ2n) is 8.59. The molecular weight excluding hydrogens is 304 g/mol. The number of carbonyl (C=O) groups excluding carboxylic acids is 2. The molecule has 2 fully saturated rings. The van der Waals surface area contributed by atoms with Crippen LogP contribution in [0.25, 0.3) is 0 Å². The van der Waals surface area contributed by atoms with Crippen molar-refractivity contribution in [3.63, 3.8) is 0 Å². The molecule has 1 N–H and O–H groups in total. The minimum absolute atomic E-state index is 0.00922. The number of ketones is 1. The molecular formula is C20H28O4. The summed E-state index contributed by atoms with van der Waals surface area (Å²) < 4.78 is 5.92. The van der Waals surface area contributed by atoms with Crippen LogP contribution in [0.3, 0.4) is 0 Å². The van der Waals surface area contributed by atoms with Gasteiger partial charge in [0.25, 0.3) is 0 Å². The zero-order valence-electron chi connectivity index (χ0n) is 15.4. The molecule has 6 atom stereocenters. The summed E-state index contributed by atoms with van der Waals surface area (Å²) >= 11 is 0. The van der Waals surface area contributed by atoms with Crippen molar-refractivity contribution in [3.05, 3.63) is 23.8 Å². The first-order valence-corrected chi connectivity index (χ1v) is 8.80. The van der Waals surface area contributed by atoms with Crippen molar-refractivity contribution in [1.29, 1.82) is 0 Å². The number of aliphatic hydroxyl groups excluding tert-OH is 1. The summed E-state index contributed by atoms with van der Waals surface area (Å²) in [6.07, 6.45) is 4.98. The van der Waals surface area contributed by atoms with E-state index in [9.17, 15) is 14.7 Å². The van der Waals surface area contributed by atoms with Crippen LogP contribution in [0.5, 0.6) is 0 Å². The highest BCUT2D eigenvalue weighted by molar-refractivity contribution is 6.00. The van der Waals surface area contributed by atoms with Crippen LogP contribution in [0.15, 0.2) is 23.8 Å². The fourth-order valence-corrected chi connectivity index (χ4v) is 6.16. The summed E-state index contributed by atoms with van der Waals surface area (Å²) in [5.74, 6) is -0.309. The lowest BCUT2D eigenvalue weighted by molar-refractivity contribution is -0.162. The summed E-state index contributed by atoms with van der Waals surface area (Å²) in [7, 11) is 0. The van der Waals surface area contributed by atoms with Crippen LogP contribution in [-0.4, -0.2) is 29.1 Å². The van der Waals surface area contributed by atoms with Gasteiger partial charge in [-0.2, -0.15) is 0 Å². The zero-order valence-corrected chi connectivity index (χ0v) is 15.4. The molecule has 0 bridgehead atoms. The molecule has 0 radical (unpaired) electrons. The Labute approximate surface area is 144 Å². The first kappa shape index (κ1) is 17.4. The second kappa shape index (κ2) is 5.04. The van der Waals surface area contributed by atoms with E-state index in [1.165, 1.54) is 0 Å². The van der Waals surface area contributed by atoms with Gasteiger partial charge < -0.3 is 9.84 Å². The van der Waals surface area contributed by atoms with Crippen molar-refractivity contribution in [1.82, 2.24) is 0 Å². The van der Waals surface area contributed by atoms with Crippen LogP contribution in [0.1, 0.15) is 48.0 Å². The Hall–Kier alpha value is -1.42. The molecule has 132 valence electrons. The van der Waals surface area contributed by atoms with E-state index in [1.54, 1.807) is 26.0 Å². The van der Waals surface area contributed by atoms with E-state index in [-0.39, 0.29) is 23.6 Å². The Morgan fingerprint density at radius 2 is 2.00 bits per heavy atom. The Balaban J connectivity index is 2.14. The third kappa shape index (κ3) is 1.73. The molecule has 0 heterocycles. The topological polar surface area (TPSA) is 63.6 Å². The summed E-state index contributed by atoms with van der Waals surface area (Å²) in [5.41, 5.74) is -1.21. The second-order valence-corrected chi connectivity index (χ2v) is 8.59. The Bertz CT molecular complexity index is 659. The Morgan fingerprint density at radius 3 is 2.58 bits per heavy atom. The van der Waals surface area contributed by atoms with Gasteiger partial charge in [0.15, 0.2) is 5.78 Å². The van der Waals surface area contributed by atoms with Crippen LogP contribution in [0.4, 0.5) is 0 Å². The SMILES string of the molecule is C/C=C(\C)C(=O)O[C@H]1C(C)(C)[C@@H]2[C@H](O)C[C@@H](C)[C@@]23C=CC(=O)[C@@]13C. The maximum absolute atomic E-state index is 12.9. The minimum atomic E-state index is -0.818. The molecule has 3 aliphatic carbocycles. The van der Waals surface area contributed by atoms with E-state index in [2.05, 4.69) is 6.92 Å². The van der Waals surface area contributed by atoms with Gasteiger partial charge in [0.1, 0.15) is 6.10 Å². The molecule has 2 saturated carbocycles. The summed E-state index contributed by atoms with van der Waals surface area (Å²) in [6, 6.07) is 0. The number of esters is 1. The molecule has 0 aromatic heterocycles. The number of aliphatic hydroxyl groups is 1. The van der Waals surface area contributed by atoms with E-state index >= 15 is 0 Å². The van der Waals surface area contributed by atoms with Gasteiger partial charge in [0.2, 0.25) is 0 Å². The van der Waals surface area contributed by atoms with E-state index in [0.717, 1.165) is 0 Å². The Kier molecular flexibility index (Phi) is 3.66. The van der Waals surface area contributed by atoms with Gasteiger partial charge in [-0.25, -0.2) is 4.79 Å². The molecule has 0 amide bonds. The molecule has 24 heavy (non-hydrogen) atoms. The first-order valence-electron chi connectivity index (χ1n) is 8.80. The van der Waals surface area contributed by atoms with Gasteiger partial charge in [0, 0.05) is 22.3 Å². The molecule has 4 heteroatoms. The highest BCUT2D eigenvalue weighted by Gasteiger charge is 2.79. The van der Waals surface area contributed by atoms with Crippen LogP contribution >= 0.6 is 0 Å². The molecule has 0 aliphatic heterocycles. The normalized spacial score (nSPS) is 46.1. The summed E-state index contributed by atoms with van der Waals surface area (Å²) in [5, 5.41) is 10.8. The van der Waals surface area contributed by atoms with E-state index < -0.39 is 28.5 Å². The van der Waals surface area contributed by atoms with Gasteiger partial charge in [0.05, 0.1) is 11.5 Å². The van der Waals surface area contributed by atoms with E-state index in [4.69, 9.17) is 4.74 Å². The maximum atomic E-state index is 12.9. The summed E-state index contributed by atoms with van der Waals surface area (Å²) in [6.45, 7) is 11.6. The molecule has 0 aromatic carbocycles. The molecule has 3 aliphatic rings.